The standard InChI is InChI=1S/C15H17F2N3O2/c16-9-6-10(17)11(19-7-9)12(21)20-15-3-1-2-14(8-15,4-5-15)13(18)22/h6-7H,1-5,8H2,(H2,18,22)(H,20,21)/t14-,15+/m0/s1. The first-order valence-corrected chi connectivity index (χ1v) is 7.29. The second-order valence-corrected chi connectivity index (χ2v) is 6.39. The van der Waals surface area contributed by atoms with Crippen molar-refractivity contribution in [2.75, 3.05) is 0 Å². The Morgan fingerprint density at radius 2 is 2.00 bits per heavy atom. The lowest BCUT2D eigenvalue weighted by atomic mass is 9.72. The van der Waals surface area contributed by atoms with E-state index in [1.807, 2.05) is 0 Å². The van der Waals surface area contributed by atoms with E-state index in [9.17, 15) is 18.4 Å². The van der Waals surface area contributed by atoms with Crippen molar-refractivity contribution in [1.82, 2.24) is 10.3 Å². The number of carbonyl (C=O) groups is 2. The van der Waals surface area contributed by atoms with Crippen molar-refractivity contribution in [1.29, 1.82) is 0 Å². The number of nitrogens with zero attached hydrogens (tertiary/aromatic N) is 1. The summed E-state index contributed by atoms with van der Waals surface area (Å²) in [5.74, 6) is -2.85. The molecular weight excluding hydrogens is 292 g/mol. The van der Waals surface area contributed by atoms with E-state index in [1.54, 1.807) is 0 Å². The molecule has 2 aliphatic carbocycles. The number of fused-ring (bicyclic) bond motifs is 2. The van der Waals surface area contributed by atoms with Crippen molar-refractivity contribution in [3.8, 4) is 0 Å². The summed E-state index contributed by atoms with van der Waals surface area (Å²) in [5.41, 5.74) is 3.96. The van der Waals surface area contributed by atoms with Crippen LogP contribution < -0.4 is 11.1 Å². The molecule has 0 unspecified atom stereocenters. The summed E-state index contributed by atoms with van der Waals surface area (Å²) in [7, 11) is 0. The van der Waals surface area contributed by atoms with E-state index in [1.165, 1.54) is 0 Å². The van der Waals surface area contributed by atoms with E-state index in [0.29, 0.717) is 25.3 Å². The molecule has 1 heterocycles. The number of halogens is 2. The molecule has 2 atom stereocenters. The van der Waals surface area contributed by atoms with Crippen molar-refractivity contribution < 1.29 is 18.4 Å². The smallest absolute Gasteiger partial charge is 0.273 e. The Morgan fingerprint density at radius 3 is 2.68 bits per heavy atom. The van der Waals surface area contributed by atoms with Crippen LogP contribution in [0.1, 0.15) is 49.0 Å². The van der Waals surface area contributed by atoms with E-state index < -0.39 is 34.2 Å². The highest BCUT2D eigenvalue weighted by molar-refractivity contribution is 5.93. The van der Waals surface area contributed by atoms with Crippen molar-refractivity contribution in [2.24, 2.45) is 11.1 Å². The lowest BCUT2D eigenvalue weighted by Gasteiger charge is -2.38. The van der Waals surface area contributed by atoms with Crippen LogP contribution in [0.2, 0.25) is 0 Å². The number of pyridine rings is 1. The van der Waals surface area contributed by atoms with Gasteiger partial charge in [-0.1, -0.05) is 6.42 Å². The molecule has 7 heteroatoms. The van der Waals surface area contributed by atoms with Gasteiger partial charge < -0.3 is 11.1 Å². The van der Waals surface area contributed by atoms with Crippen LogP contribution in [0.3, 0.4) is 0 Å². The van der Waals surface area contributed by atoms with Gasteiger partial charge in [-0.15, -0.1) is 0 Å². The van der Waals surface area contributed by atoms with Crippen LogP contribution in [0.5, 0.6) is 0 Å². The molecule has 0 radical (unpaired) electrons. The Hall–Kier alpha value is -2.05. The number of rotatable bonds is 3. The monoisotopic (exact) mass is 309 g/mol. The van der Waals surface area contributed by atoms with Gasteiger partial charge in [0.05, 0.1) is 11.6 Å². The summed E-state index contributed by atoms with van der Waals surface area (Å²) < 4.78 is 26.5. The summed E-state index contributed by atoms with van der Waals surface area (Å²) in [6, 6.07) is 0.628. The minimum Gasteiger partial charge on any atom is -0.369 e. The number of hydrogen-bond donors (Lipinski definition) is 2. The predicted molar refractivity (Wildman–Crippen MR) is 73.7 cm³/mol. The highest BCUT2D eigenvalue weighted by Crippen LogP contribution is 2.53. The topological polar surface area (TPSA) is 85.1 Å². The van der Waals surface area contributed by atoms with Crippen LogP contribution in [0.15, 0.2) is 12.3 Å². The number of aromatic nitrogens is 1. The largest absolute Gasteiger partial charge is 0.369 e. The van der Waals surface area contributed by atoms with Crippen LogP contribution in [0.25, 0.3) is 0 Å². The SMILES string of the molecule is NC(=O)[C@@]12CCC[C@@](NC(=O)c3ncc(F)cc3F)(CC1)C2. The van der Waals surface area contributed by atoms with Crippen LogP contribution >= 0.6 is 0 Å². The minimum atomic E-state index is -0.996. The Kier molecular flexibility index (Phi) is 3.38. The Labute approximate surface area is 126 Å². The molecule has 5 nitrogen and oxygen atoms in total. The molecule has 118 valence electrons. The van der Waals surface area contributed by atoms with Crippen LogP contribution in [0.4, 0.5) is 8.78 Å². The zero-order chi connectivity index (χ0) is 16.0. The molecule has 0 spiro atoms. The maximum Gasteiger partial charge on any atom is 0.273 e. The first-order chi connectivity index (χ1) is 10.4. The van der Waals surface area contributed by atoms with Gasteiger partial charge in [0.15, 0.2) is 11.5 Å². The molecule has 2 aliphatic rings. The first kappa shape index (κ1) is 14.9. The van der Waals surface area contributed by atoms with Gasteiger partial charge in [0, 0.05) is 11.6 Å². The van der Waals surface area contributed by atoms with Gasteiger partial charge in [-0.05, 0) is 32.1 Å². The third-order valence-corrected chi connectivity index (χ3v) is 4.99. The average molecular weight is 309 g/mol. The van der Waals surface area contributed by atoms with Gasteiger partial charge in [-0.3, -0.25) is 9.59 Å². The molecule has 0 aromatic carbocycles. The highest BCUT2D eigenvalue weighted by atomic mass is 19.1. The van der Waals surface area contributed by atoms with E-state index in [0.717, 1.165) is 25.5 Å². The minimum absolute atomic E-state index is 0.339. The highest BCUT2D eigenvalue weighted by Gasteiger charge is 2.54. The second-order valence-electron chi connectivity index (χ2n) is 6.39. The van der Waals surface area contributed by atoms with E-state index in [4.69, 9.17) is 5.73 Å². The Balaban J connectivity index is 1.81. The maximum absolute atomic E-state index is 13.7. The fourth-order valence-electron chi connectivity index (χ4n) is 3.88. The van der Waals surface area contributed by atoms with Crippen LogP contribution in [-0.2, 0) is 4.79 Å². The van der Waals surface area contributed by atoms with Crippen molar-refractivity contribution in [3.63, 3.8) is 0 Å². The summed E-state index contributed by atoms with van der Waals surface area (Å²) in [6.07, 6.45) is 4.76. The summed E-state index contributed by atoms with van der Waals surface area (Å²) in [6.45, 7) is 0. The molecule has 2 amide bonds. The lowest BCUT2D eigenvalue weighted by molar-refractivity contribution is -0.128. The fraction of sp³-hybridized carbons (Fsp3) is 0.533. The predicted octanol–water partition coefficient (Wildman–Crippen LogP) is 1.67. The first-order valence-electron chi connectivity index (χ1n) is 7.29. The van der Waals surface area contributed by atoms with Crippen molar-refractivity contribution in [2.45, 2.75) is 44.1 Å². The van der Waals surface area contributed by atoms with Crippen molar-refractivity contribution in [3.05, 3.63) is 29.6 Å². The number of nitrogens with one attached hydrogen (secondary N) is 1. The molecular formula is C15H17F2N3O2. The maximum atomic E-state index is 13.7. The van der Waals surface area contributed by atoms with Crippen LogP contribution in [-0.4, -0.2) is 22.3 Å². The molecule has 2 bridgehead atoms. The van der Waals surface area contributed by atoms with Gasteiger partial charge >= 0.3 is 0 Å². The molecule has 22 heavy (non-hydrogen) atoms. The average Bonchev–Trinajstić information content (AvgIpc) is 2.71. The van der Waals surface area contributed by atoms with Gasteiger partial charge in [0.2, 0.25) is 5.91 Å². The van der Waals surface area contributed by atoms with Gasteiger partial charge in [-0.2, -0.15) is 0 Å². The number of hydrogen-bond acceptors (Lipinski definition) is 3. The Morgan fingerprint density at radius 1 is 1.23 bits per heavy atom. The van der Waals surface area contributed by atoms with E-state index in [-0.39, 0.29) is 5.91 Å². The van der Waals surface area contributed by atoms with Crippen LogP contribution in [0, 0.1) is 17.0 Å². The van der Waals surface area contributed by atoms with E-state index in [2.05, 4.69) is 10.3 Å². The van der Waals surface area contributed by atoms with Gasteiger partial charge in [0.25, 0.3) is 5.91 Å². The summed E-state index contributed by atoms with van der Waals surface area (Å²) >= 11 is 0. The molecule has 0 aliphatic heterocycles. The third-order valence-electron chi connectivity index (χ3n) is 4.99. The summed E-state index contributed by atoms with van der Waals surface area (Å²) in [4.78, 5) is 27.5. The quantitative estimate of drug-likeness (QED) is 0.890. The zero-order valence-electron chi connectivity index (χ0n) is 12.0. The number of primary amides is 1. The molecule has 3 rings (SSSR count). The number of nitrogens with two attached hydrogens (primary N) is 1. The summed E-state index contributed by atoms with van der Waals surface area (Å²) in [5, 5.41) is 2.81. The Bertz CT molecular complexity index is 652. The number of carbonyl (C=O) groups excluding carboxylic acids is 2. The normalized spacial score (nSPS) is 30.1. The fourth-order valence-corrected chi connectivity index (χ4v) is 3.88. The van der Waals surface area contributed by atoms with Gasteiger partial charge in [0.1, 0.15) is 5.82 Å². The lowest BCUT2D eigenvalue weighted by Crippen LogP contribution is -2.51. The molecule has 1 aromatic heterocycles. The third kappa shape index (κ3) is 2.34. The second kappa shape index (κ2) is 5.00. The number of amides is 2. The zero-order valence-corrected chi connectivity index (χ0v) is 12.0. The van der Waals surface area contributed by atoms with Gasteiger partial charge in [-0.25, -0.2) is 13.8 Å². The molecule has 2 fully saturated rings. The van der Waals surface area contributed by atoms with E-state index >= 15 is 0 Å². The molecule has 0 saturated heterocycles. The molecule has 2 saturated carbocycles. The van der Waals surface area contributed by atoms with Crippen molar-refractivity contribution >= 4 is 11.8 Å². The molecule has 1 aromatic rings. The molecule has 3 N–H and O–H groups in total.